The summed E-state index contributed by atoms with van der Waals surface area (Å²) in [7, 11) is 0. The molecular formula is C13H15BrO3. The molecule has 92 valence electrons. The monoisotopic (exact) mass is 298 g/mol. The average Bonchev–Trinajstić information content (AvgIpc) is 2.70. The van der Waals surface area contributed by atoms with Gasteiger partial charge in [0.15, 0.2) is 5.78 Å². The highest BCUT2D eigenvalue weighted by Gasteiger charge is 2.21. The summed E-state index contributed by atoms with van der Waals surface area (Å²) in [5.41, 5.74) is 2.50. The predicted molar refractivity (Wildman–Crippen MR) is 68.9 cm³/mol. The third-order valence-electron chi connectivity index (χ3n) is 2.91. The van der Waals surface area contributed by atoms with Crippen molar-refractivity contribution >= 4 is 21.7 Å². The number of ether oxygens (including phenoxy) is 1. The Labute approximate surface area is 109 Å². The van der Waals surface area contributed by atoms with Crippen molar-refractivity contribution in [3.8, 4) is 5.75 Å². The zero-order valence-electron chi connectivity index (χ0n) is 9.54. The summed E-state index contributed by atoms with van der Waals surface area (Å²) in [6.45, 7) is 0.523. The number of halogens is 1. The van der Waals surface area contributed by atoms with E-state index in [-0.39, 0.29) is 12.4 Å². The highest BCUT2D eigenvalue weighted by atomic mass is 79.9. The van der Waals surface area contributed by atoms with Crippen LogP contribution in [0.5, 0.6) is 5.75 Å². The van der Waals surface area contributed by atoms with Crippen molar-refractivity contribution in [2.24, 2.45) is 0 Å². The van der Waals surface area contributed by atoms with Crippen LogP contribution < -0.4 is 4.74 Å². The van der Waals surface area contributed by atoms with Gasteiger partial charge in [0.25, 0.3) is 0 Å². The zero-order chi connectivity index (χ0) is 12.3. The van der Waals surface area contributed by atoms with Crippen molar-refractivity contribution < 1.29 is 14.6 Å². The standard InChI is InChI=1S/C13H15BrO3/c14-4-1-5-17-13-7-9-2-3-12(16)11(9)6-10(13)8-15/h6-7,15H,1-5,8H2. The van der Waals surface area contributed by atoms with Crippen LogP contribution in [0.2, 0.25) is 0 Å². The quantitative estimate of drug-likeness (QED) is 0.671. The summed E-state index contributed by atoms with van der Waals surface area (Å²) in [5.74, 6) is 0.878. The minimum atomic E-state index is -0.0930. The van der Waals surface area contributed by atoms with Gasteiger partial charge in [0, 0.05) is 22.9 Å². The van der Waals surface area contributed by atoms with E-state index in [2.05, 4.69) is 15.9 Å². The lowest BCUT2D eigenvalue weighted by Crippen LogP contribution is -2.03. The number of benzene rings is 1. The first-order valence-corrected chi connectivity index (χ1v) is 6.87. The van der Waals surface area contributed by atoms with Gasteiger partial charge in [0.1, 0.15) is 5.75 Å². The van der Waals surface area contributed by atoms with Crippen molar-refractivity contribution in [1.29, 1.82) is 0 Å². The maximum absolute atomic E-state index is 11.6. The smallest absolute Gasteiger partial charge is 0.163 e. The number of fused-ring (bicyclic) bond motifs is 1. The second-order valence-corrected chi connectivity index (χ2v) is 4.88. The number of Topliss-reactive ketones (excluding diaryl/α,β-unsaturated/α-hetero) is 1. The fourth-order valence-electron chi connectivity index (χ4n) is 2.01. The lowest BCUT2D eigenvalue weighted by atomic mass is 10.1. The minimum Gasteiger partial charge on any atom is -0.493 e. The summed E-state index contributed by atoms with van der Waals surface area (Å²) in [5, 5.41) is 10.2. The van der Waals surface area contributed by atoms with E-state index in [1.807, 2.05) is 6.07 Å². The number of rotatable bonds is 5. The maximum Gasteiger partial charge on any atom is 0.163 e. The number of alkyl halides is 1. The Morgan fingerprint density at radius 2 is 2.18 bits per heavy atom. The minimum absolute atomic E-state index is 0.0930. The fraction of sp³-hybridized carbons (Fsp3) is 0.462. The van der Waals surface area contributed by atoms with Gasteiger partial charge in [-0.2, -0.15) is 0 Å². The van der Waals surface area contributed by atoms with Gasteiger partial charge in [-0.05, 0) is 30.5 Å². The van der Waals surface area contributed by atoms with Crippen LogP contribution in [0.3, 0.4) is 0 Å². The van der Waals surface area contributed by atoms with Crippen molar-refractivity contribution in [2.75, 3.05) is 11.9 Å². The van der Waals surface area contributed by atoms with Crippen molar-refractivity contribution in [3.05, 3.63) is 28.8 Å². The van der Waals surface area contributed by atoms with E-state index >= 15 is 0 Å². The molecule has 1 aliphatic carbocycles. The predicted octanol–water partition coefficient (Wildman–Crippen LogP) is 2.47. The molecule has 3 nitrogen and oxygen atoms in total. The number of carbonyl (C=O) groups excluding carboxylic acids is 1. The van der Waals surface area contributed by atoms with Gasteiger partial charge in [-0.15, -0.1) is 0 Å². The van der Waals surface area contributed by atoms with Crippen LogP contribution in [0.1, 0.15) is 34.3 Å². The molecule has 0 saturated carbocycles. The van der Waals surface area contributed by atoms with Gasteiger partial charge >= 0.3 is 0 Å². The number of hydrogen-bond donors (Lipinski definition) is 1. The van der Waals surface area contributed by atoms with Gasteiger partial charge in [0.05, 0.1) is 13.2 Å². The Morgan fingerprint density at radius 3 is 2.88 bits per heavy atom. The molecule has 0 unspecified atom stereocenters. The van der Waals surface area contributed by atoms with Crippen LogP contribution in [-0.2, 0) is 13.0 Å². The molecule has 2 rings (SSSR count). The molecule has 1 aromatic carbocycles. The molecule has 0 saturated heterocycles. The third-order valence-corrected chi connectivity index (χ3v) is 3.47. The van der Waals surface area contributed by atoms with Gasteiger partial charge in [0.2, 0.25) is 0 Å². The van der Waals surface area contributed by atoms with Crippen LogP contribution in [-0.4, -0.2) is 22.8 Å². The van der Waals surface area contributed by atoms with E-state index in [0.717, 1.165) is 29.3 Å². The number of carbonyl (C=O) groups is 1. The molecule has 0 fully saturated rings. The van der Waals surface area contributed by atoms with Crippen molar-refractivity contribution in [1.82, 2.24) is 0 Å². The highest BCUT2D eigenvalue weighted by molar-refractivity contribution is 9.09. The number of hydrogen-bond acceptors (Lipinski definition) is 3. The van der Waals surface area contributed by atoms with E-state index in [9.17, 15) is 9.90 Å². The number of aryl methyl sites for hydroxylation is 1. The van der Waals surface area contributed by atoms with Gasteiger partial charge in [-0.3, -0.25) is 4.79 Å². The fourth-order valence-corrected chi connectivity index (χ4v) is 2.24. The second-order valence-electron chi connectivity index (χ2n) is 4.09. The molecule has 1 N–H and O–H groups in total. The number of ketones is 1. The average molecular weight is 299 g/mol. The molecule has 0 aliphatic heterocycles. The number of aliphatic hydroxyl groups excluding tert-OH is 1. The van der Waals surface area contributed by atoms with Crippen LogP contribution in [0.25, 0.3) is 0 Å². The molecule has 1 aromatic rings. The summed E-state index contributed by atoms with van der Waals surface area (Å²) in [6.07, 6.45) is 2.28. The zero-order valence-corrected chi connectivity index (χ0v) is 11.1. The Morgan fingerprint density at radius 1 is 1.35 bits per heavy atom. The van der Waals surface area contributed by atoms with Crippen LogP contribution in [0, 0.1) is 0 Å². The molecule has 0 heterocycles. The summed E-state index contributed by atoms with van der Waals surface area (Å²) >= 11 is 3.34. The van der Waals surface area contributed by atoms with Crippen LogP contribution in [0.15, 0.2) is 12.1 Å². The second kappa shape index (κ2) is 5.65. The SMILES string of the molecule is O=C1CCc2cc(OCCCBr)c(CO)cc21. The first-order chi connectivity index (χ1) is 8.26. The van der Waals surface area contributed by atoms with Crippen LogP contribution in [0.4, 0.5) is 0 Å². The van der Waals surface area contributed by atoms with E-state index in [4.69, 9.17) is 4.74 Å². The van der Waals surface area contributed by atoms with E-state index in [0.29, 0.717) is 24.3 Å². The Balaban J connectivity index is 2.23. The first kappa shape index (κ1) is 12.6. The molecule has 0 radical (unpaired) electrons. The Kier molecular flexibility index (Phi) is 4.18. The van der Waals surface area contributed by atoms with Gasteiger partial charge < -0.3 is 9.84 Å². The largest absolute Gasteiger partial charge is 0.493 e. The van der Waals surface area contributed by atoms with Gasteiger partial charge in [-0.1, -0.05) is 15.9 Å². The molecule has 0 atom stereocenters. The normalized spacial score (nSPS) is 13.9. The van der Waals surface area contributed by atoms with E-state index < -0.39 is 0 Å². The molecule has 0 spiro atoms. The molecular weight excluding hydrogens is 284 g/mol. The first-order valence-electron chi connectivity index (χ1n) is 5.75. The van der Waals surface area contributed by atoms with E-state index in [1.54, 1.807) is 6.07 Å². The van der Waals surface area contributed by atoms with E-state index in [1.165, 1.54) is 0 Å². The topological polar surface area (TPSA) is 46.5 Å². The highest BCUT2D eigenvalue weighted by Crippen LogP contribution is 2.30. The molecule has 4 heteroatoms. The molecule has 0 bridgehead atoms. The van der Waals surface area contributed by atoms with Gasteiger partial charge in [-0.25, -0.2) is 0 Å². The number of aliphatic hydroxyl groups is 1. The van der Waals surface area contributed by atoms with Crippen LogP contribution >= 0.6 is 15.9 Å². The summed E-state index contributed by atoms with van der Waals surface area (Å²) in [4.78, 5) is 11.6. The maximum atomic E-state index is 11.6. The third kappa shape index (κ3) is 2.69. The summed E-state index contributed by atoms with van der Waals surface area (Å²) in [6, 6.07) is 3.67. The molecule has 0 amide bonds. The molecule has 17 heavy (non-hydrogen) atoms. The lowest BCUT2D eigenvalue weighted by Gasteiger charge is -2.11. The molecule has 1 aliphatic rings. The Bertz CT molecular complexity index is 429. The summed E-state index contributed by atoms with van der Waals surface area (Å²) < 4.78 is 5.63. The Hall–Kier alpha value is -0.870. The molecule has 0 aromatic heterocycles. The lowest BCUT2D eigenvalue weighted by molar-refractivity contribution is 0.0994. The van der Waals surface area contributed by atoms with Crippen molar-refractivity contribution in [3.63, 3.8) is 0 Å². The van der Waals surface area contributed by atoms with Crippen molar-refractivity contribution in [2.45, 2.75) is 25.9 Å².